The molecule has 20 heavy (non-hydrogen) atoms. The van der Waals surface area contributed by atoms with Crippen molar-refractivity contribution in [3.8, 4) is 0 Å². The molecule has 0 bridgehead atoms. The van der Waals surface area contributed by atoms with E-state index in [4.69, 9.17) is 0 Å². The molecule has 104 valence electrons. The number of anilines is 1. The van der Waals surface area contributed by atoms with Crippen LogP contribution in [0.25, 0.3) is 0 Å². The van der Waals surface area contributed by atoms with Gasteiger partial charge in [0.05, 0.1) is 11.7 Å². The SMILES string of the molecule is CCc1ncnc(NC2CCSc3ccccc32)c1F. The monoisotopic (exact) mass is 289 g/mol. The number of hydrogen-bond donors (Lipinski definition) is 1. The molecule has 5 heteroatoms. The normalized spacial score (nSPS) is 17.6. The Morgan fingerprint density at radius 2 is 2.20 bits per heavy atom. The molecule has 3 nitrogen and oxygen atoms in total. The van der Waals surface area contributed by atoms with Gasteiger partial charge in [-0.15, -0.1) is 11.8 Å². The van der Waals surface area contributed by atoms with Crippen molar-refractivity contribution < 1.29 is 4.39 Å². The zero-order valence-electron chi connectivity index (χ0n) is 11.3. The van der Waals surface area contributed by atoms with Gasteiger partial charge in [0.2, 0.25) is 0 Å². The van der Waals surface area contributed by atoms with Gasteiger partial charge in [-0.05, 0) is 24.5 Å². The van der Waals surface area contributed by atoms with E-state index in [2.05, 4.69) is 27.4 Å². The third-order valence-electron chi connectivity index (χ3n) is 3.47. The van der Waals surface area contributed by atoms with Gasteiger partial charge in [0.15, 0.2) is 11.6 Å². The molecular formula is C15H16FN3S. The molecule has 0 amide bonds. The number of benzene rings is 1. The molecule has 2 aromatic rings. The van der Waals surface area contributed by atoms with Crippen LogP contribution >= 0.6 is 11.8 Å². The number of nitrogens with one attached hydrogen (secondary N) is 1. The van der Waals surface area contributed by atoms with Gasteiger partial charge in [0.25, 0.3) is 0 Å². The first-order chi connectivity index (χ1) is 9.79. The van der Waals surface area contributed by atoms with E-state index in [0.717, 1.165) is 12.2 Å². The Balaban J connectivity index is 1.90. The molecule has 0 spiro atoms. The number of thioether (sulfide) groups is 1. The summed E-state index contributed by atoms with van der Waals surface area (Å²) < 4.78 is 14.2. The minimum Gasteiger partial charge on any atom is -0.361 e. The summed E-state index contributed by atoms with van der Waals surface area (Å²) in [6.45, 7) is 1.89. The van der Waals surface area contributed by atoms with Crippen molar-refractivity contribution in [1.82, 2.24) is 9.97 Å². The Labute approximate surface area is 122 Å². The first kappa shape index (κ1) is 13.4. The van der Waals surface area contributed by atoms with E-state index in [9.17, 15) is 4.39 Å². The van der Waals surface area contributed by atoms with Gasteiger partial charge in [-0.25, -0.2) is 14.4 Å². The number of halogens is 1. The van der Waals surface area contributed by atoms with Gasteiger partial charge >= 0.3 is 0 Å². The first-order valence-corrected chi connectivity index (χ1v) is 7.75. The van der Waals surface area contributed by atoms with Crippen LogP contribution in [0.5, 0.6) is 0 Å². The largest absolute Gasteiger partial charge is 0.361 e. The topological polar surface area (TPSA) is 37.8 Å². The smallest absolute Gasteiger partial charge is 0.186 e. The summed E-state index contributed by atoms with van der Waals surface area (Å²) in [4.78, 5) is 9.28. The number of nitrogens with zero attached hydrogens (tertiary/aromatic N) is 2. The molecule has 1 unspecified atom stereocenters. The fourth-order valence-electron chi connectivity index (χ4n) is 2.41. The summed E-state index contributed by atoms with van der Waals surface area (Å²) in [7, 11) is 0. The third kappa shape index (κ3) is 2.50. The summed E-state index contributed by atoms with van der Waals surface area (Å²) in [5.41, 5.74) is 1.68. The maximum atomic E-state index is 14.2. The summed E-state index contributed by atoms with van der Waals surface area (Å²) in [5.74, 6) is 1.01. The molecule has 1 N–H and O–H groups in total. The van der Waals surface area contributed by atoms with Crippen molar-refractivity contribution in [2.75, 3.05) is 11.1 Å². The second-order valence-electron chi connectivity index (χ2n) is 4.71. The quantitative estimate of drug-likeness (QED) is 0.932. The molecule has 1 atom stereocenters. The highest BCUT2D eigenvalue weighted by atomic mass is 32.2. The highest BCUT2D eigenvalue weighted by molar-refractivity contribution is 7.99. The average Bonchev–Trinajstić information content (AvgIpc) is 2.50. The molecule has 1 aliphatic heterocycles. The third-order valence-corrected chi connectivity index (χ3v) is 4.59. The van der Waals surface area contributed by atoms with Crippen molar-refractivity contribution in [2.45, 2.75) is 30.7 Å². The van der Waals surface area contributed by atoms with E-state index in [1.165, 1.54) is 16.8 Å². The van der Waals surface area contributed by atoms with Crippen LogP contribution in [0.15, 0.2) is 35.5 Å². The number of fused-ring (bicyclic) bond motifs is 1. The summed E-state index contributed by atoms with van der Waals surface area (Å²) >= 11 is 1.85. The second kappa shape index (κ2) is 5.79. The lowest BCUT2D eigenvalue weighted by molar-refractivity contribution is 0.590. The van der Waals surface area contributed by atoms with Crippen LogP contribution in [0.3, 0.4) is 0 Å². The maximum absolute atomic E-state index is 14.2. The fourth-order valence-corrected chi connectivity index (χ4v) is 3.54. The zero-order valence-corrected chi connectivity index (χ0v) is 12.1. The average molecular weight is 289 g/mol. The van der Waals surface area contributed by atoms with Crippen LogP contribution in [-0.4, -0.2) is 15.7 Å². The lowest BCUT2D eigenvalue weighted by Gasteiger charge is -2.26. The Morgan fingerprint density at radius 1 is 1.35 bits per heavy atom. The number of aromatic nitrogens is 2. The molecular weight excluding hydrogens is 273 g/mol. The van der Waals surface area contributed by atoms with Crippen LogP contribution in [0.2, 0.25) is 0 Å². The van der Waals surface area contributed by atoms with Crippen LogP contribution in [0.4, 0.5) is 10.2 Å². The van der Waals surface area contributed by atoms with Crippen LogP contribution in [0.1, 0.15) is 30.6 Å². The van der Waals surface area contributed by atoms with E-state index in [-0.39, 0.29) is 11.9 Å². The Hall–Kier alpha value is -1.62. The van der Waals surface area contributed by atoms with Gasteiger partial charge < -0.3 is 5.32 Å². The molecule has 0 radical (unpaired) electrons. The van der Waals surface area contributed by atoms with Crippen LogP contribution in [-0.2, 0) is 6.42 Å². The lowest BCUT2D eigenvalue weighted by atomic mass is 10.0. The molecule has 0 aliphatic carbocycles. The predicted octanol–water partition coefficient (Wildman–Crippen LogP) is 3.83. The highest BCUT2D eigenvalue weighted by Gasteiger charge is 2.22. The van der Waals surface area contributed by atoms with Crippen molar-refractivity contribution in [1.29, 1.82) is 0 Å². The van der Waals surface area contributed by atoms with E-state index in [1.807, 2.05) is 30.8 Å². The standard InChI is InChI=1S/C15H16FN3S/c1-2-11-14(16)15(18-9-17-11)19-12-7-8-20-13-6-4-3-5-10(12)13/h3-6,9,12H,2,7-8H2,1H3,(H,17,18,19). The van der Waals surface area contributed by atoms with E-state index in [1.54, 1.807) is 0 Å². The van der Waals surface area contributed by atoms with Gasteiger partial charge in [-0.2, -0.15) is 0 Å². The summed E-state index contributed by atoms with van der Waals surface area (Å²) in [6.07, 6.45) is 2.96. The molecule has 1 aromatic carbocycles. The molecule has 1 aliphatic rings. The van der Waals surface area contributed by atoms with E-state index < -0.39 is 0 Å². The minimum absolute atomic E-state index is 0.113. The molecule has 0 saturated carbocycles. The van der Waals surface area contributed by atoms with Crippen LogP contribution in [0, 0.1) is 5.82 Å². The lowest BCUT2D eigenvalue weighted by Crippen LogP contribution is -2.18. The van der Waals surface area contributed by atoms with Gasteiger partial charge in [-0.1, -0.05) is 25.1 Å². The predicted molar refractivity (Wildman–Crippen MR) is 79.5 cm³/mol. The molecule has 0 saturated heterocycles. The second-order valence-corrected chi connectivity index (χ2v) is 5.85. The molecule has 3 rings (SSSR count). The van der Waals surface area contributed by atoms with Gasteiger partial charge in [-0.3, -0.25) is 0 Å². The maximum Gasteiger partial charge on any atom is 0.186 e. The van der Waals surface area contributed by atoms with E-state index in [0.29, 0.717) is 17.9 Å². The Morgan fingerprint density at radius 3 is 3.05 bits per heavy atom. The van der Waals surface area contributed by atoms with Crippen molar-refractivity contribution in [3.63, 3.8) is 0 Å². The minimum atomic E-state index is -0.328. The molecule has 2 heterocycles. The highest BCUT2D eigenvalue weighted by Crippen LogP contribution is 2.37. The Kier molecular flexibility index (Phi) is 3.87. The molecule has 0 fully saturated rings. The van der Waals surface area contributed by atoms with Crippen molar-refractivity contribution in [3.05, 3.63) is 47.7 Å². The summed E-state index contributed by atoms with van der Waals surface area (Å²) in [6, 6.07) is 8.38. The van der Waals surface area contributed by atoms with Gasteiger partial charge in [0.1, 0.15) is 6.33 Å². The number of aryl methyl sites for hydroxylation is 1. The first-order valence-electron chi connectivity index (χ1n) is 6.77. The fraction of sp³-hybridized carbons (Fsp3) is 0.333. The van der Waals surface area contributed by atoms with E-state index >= 15 is 0 Å². The summed E-state index contributed by atoms with van der Waals surface area (Å²) in [5, 5.41) is 3.24. The van der Waals surface area contributed by atoms with Crippen molar-refractivity contribution in [2.24, 2.45) is 0 Å². The number of rotatable bonds is 3. The van der Waals surface area contributed by atoms with Gasteiger partial charge in [0, 0.05) is 10.6 Å². The zero-order chi connectivity index (χ0) is 13.9. The van der Waals surface area contributed by atoms with Crippen LogP contribution < -0.4 is 5.32 Å². The molecule has 1 aromatic heterocycles. The number of hydrogen-bond acceptors (Lipinski definition) is 4. The van der Waals surface area contributed by atoms with Crippen molar-refractivity contribution >= 4 is 17.6 Å². The Bertz CT molecular complexity index is 618.